The molecule has 2 aromatic carbocycles. The third-order valence-corrected chi connectivity index (χ3v) is 8.01. The van der Waals surface area contributed by atoms with Crippen LogP contribution in [0.2, 0.25) is 0 Å². The van der Waals surface area contributed by atoms with Crippen LogP contribution in [0.4, 0.5) is 4.39 Å². The minimum absolute atomic E-state index is 0.00396. The minimum atomic E-state index is -3.68. The van der Waals surface area contributed by atoms with Crippen LogP contribution in [0.5, 0.6) is 0 Å². The molecule has 5 nitrogen and oxygen atoms in total. The van der Waals surface area contributed by atoms with Gasteiger partial charge in [-0.15, -0.1) is 0 Å². The van der Waals surface area contributed by atoms with E-state index in [0.717, 1.165) is 37.7 Å². The molecule has 1 amide bonds. The number of hydrogen-bond donors (Lipinski definition) is 0. The number of carbonyl (C=O) groups excluding carboxylic acids is 1. The van der Waals surface area contributed by atoms with Gasteiger partial charge in [-0.3, -0.25) is 4.79 Å². The number of nitrogens with zero attached hydrogens (tertiary/aromatic N) is 2. The summed E-state index contributed by atoms with van der Waals surface area (Å²) in [6.45, 7) is 1.85. The summed E-state index contributed by atoms with van der Waals surface area (Å²) in [5, 5.41) is 0. The van der Waals surface area contributed by atoms with Gasteiger partial charge in [0, 0.05) is 25.7 Å². The molecular weight excluding hydrogens is 403 g/mol. The highest BCUT2D eigenvalue weighted by molar-refractivity contribution is 7.89. The van der Waals surface area contributed by atoms with Gasteiger partial charge in [-0.1, -0.05) is 37.5 Å². The van der Waals surface area contributed by atoms with E-state index in [1.165, 1.54) is 33.5 Å². The van der Waals surface area contributed by atoms with Gasteiger partial charge in [-0.2, -0.15) is 4.31 Å². The van der Waals surface area contributed by atoms with Gasteiger partial charge in [0.2, 0.25) is 10.0 Å². The number of carbonyl (C=O) groups is 1. The van der Waals surface area contributed by atoms with Crippen molar-refractivity contribution in [3.8, 4) is 0 Å². The zero-order valence-corrected chi connectivity index (χ0v) is 18.5. The molecule has 0 N–H and O–H groups in total. The molecule has 0 aliphatic heterocycles. The van der Waals surface area contributed by atoms with Gasteiger partial charge in [0.05, 0.1) is 10.9 Å². The maximum atomic E-state index is 13.2. The lowest BCUT2D eigenvalue weighted by molar-refractivity contribution is 0.0742. The molecule has 0 bridgehead atoms. The van der Waals surface area contributed by atoms with Crippen molar-refractivity contribution in [3.63, 3.8) is 0 Å². The Labute approximate surface area is 178 Å². The molecule has 1 unspecified atom stereocenters. The topological polar surface area (TPSA) is 57.7 Å². The number of amides is 1. The van der Waals surface area contributed by atoms with E-state index in [1.54, 1.807) is 38.4 Å². The number of rotatable bonds is 6. The molecule has 0 radical (unpaired) electrons. The molecule has 0 spiro atoms. The first-order chi connectivity index (χ1) is 14.2. The Morgan fingerprint density at radius 3 is 2.30 bits per heavy atom. The van der Waals surface area contributed by atoms with Crippen LogP contribution in [0, 0.1) is 5.82 Å². The van der Waals surface area contributed by atoms with E-state index < -0.39 is 10.0 Å². The van der Waals surface area contributed by atoms with Crippen molar-refractivity contribution in [2.45, 2.75) is 56.0 Å². The molecule has 0 saturated heterocycles. The molecule has 162 valence electrons. The fourth-order valence-electron chi connectivity index (χ4n) is 3.94. The largest absolute Gasteiger partial charge is 0.335 e. The number of halogens is 1. The monoisotopic (exact) mass is 432 g/mol. The van der Waals surface area contributed by atoms with Crippen molar-refractivity contribution < 1.29 is 17.6 Å². The summed E-state index contributed by atoms with van der Waals surface area (Å²) in [5.74, 6) is -0.621. The van der Waals surface area contributed by atoms with Crippen molar-refractivity contribution in [2.24, 2.45) is 0 Å². The highest BCUT2D eigenvalue weighted by atomic mass is 32.2. The molecule has 1 aliphatic rings. The predicted molar refractivity (Wildman–Crippen MR) is 115 cm³/mol. The van der Waals surface area contributed by atoms with Crippen LogP contribution in [-0.4, -0.2) is 43.7 Å². The van der Waals surface area contributed by atoms with Crippen LogP contribution < -0.4 is 0 Å². The quantitative estimate of drug-likeness (QED) is 0.670. The minimum Gasteiger partial charge on any atom is -0.335 e. The van der Waals surface area contributed by atoms with E-state index in [4.69, 9.17) is 0 Å². The Hall–Kier alpha value is -2.25. The molecule has 7 heteroatoms. The van der Waals surface area contributed by atoms with E-state index in [0.29, 0.717) is 5.56 Å². The third kappa shape index (κ3) is 4.73. The maximum Gasteiger partial charge on any atom is 0.254 e. The average molecular weight is 433 g/mol. The van der Waals surface area contributed by atoms with E-state index in [-0.39, 0.29) is 28.7 Å². The maximum absolute atomic E-state index is 13.2. The lowest BCUT2D eigenvalue weighted by Gasteiger charge is -2.30. The summed E-state index contributed by atoms with van der Waals surface area (Å²) < 4.78 is 40.9. The Kier molecular flexibility index (Phi) is 6.93. The lowest BCUT2D eigenvalue weighted by Crippen LogP contribution is -2.38. The van der Waals surface area contributed by atoms with Gasteiger partial charge in [0.15, 0.2) is 0 Å². The molecule has 1 atom stereocenters. The summed E-state index contributed by atoms with van der Waals surface area (Å²) in [6.07, 6.45) is 4.95. The second-order valence-corrected chi connectivity index (χ2v) is 9.98. The average Bonchev–Trinajstić information content (AvgIpc) is 2.78. The first kappa shape index (κ1) is 22.4. The fourth-order valence-corrected chi connectivity index (χ4v) is 5.40. The fraction of sp³-hybridized carbons (Fsp3) is 0.435. The molecule has 1 aliphatic carbocycles. The summed E-state index contributed by atoms with van der Waals surface area (Å²) in [7, 11) is -0.391. The predicted octanol–water partition coefficient (Wildman–Crippen LogP) is 4.61. The van der Waals surface area contributed by atoms with Crippen molar-refractivity contribution in [1.29, 1.82) is 0 Å². The summed E-state index contributed by atoms with van der Waals surface area (Å²) >= 11 is 0. The standard InChI is InChI=1S/C23H29FN2O3S/c1-17(18-12-14-20(24)15-13-18)25(2)23(27)19-8-7-11-22(16-19)30(28,29)26(3)21-9-5-4-6-10-21/h7-8,11-17,21H,4-6,9-10H2,1-3H3. The Balaban J connectivity index is 1.81. The highest BCUT2D eigenvalue weighted by Gasteiger charge is 2.30. The van der Waals surface area contributed by atoms with Crippen LogP contribution in [0.25, 0.3) is 0 Å². The number of hydrogen-bond acceptors (Lipinski definition) is 3. The second kappa shape index (κ2) is 9.27. The van der Waals surface area contributed by atoms with Crippen LogP contribution in [0.3, 0.4) is 0 Å². The first-order valence-corrected chi connectivity index (χ1v) is 11.8. The van der Waals surface area contributed by atoms with Gasteiger partial charge in [0.1, 0.15) is 5.82 Å². The molecule has 3 rings (SSSR count). The molecular formula is C23H29FN2O3S. The normalized spacial score (nSPS) is 16.4. The van der Waals surface area contributed by atoms with Crippen molar-refractivity contribution in [3.05, 3.63) is 65.5 Å². The highest BCUT2D eigenvalue weighted by Crippen LogP contribution is 2.27. The molecule has 1 saturated carbocycles. The Morgan fingerprint density at radius 1 is 1.03 bits per heavy atom. The smallest absolute Gasteiger partial charge is 0.254 e. The third-order valence-electron chi connectivity index (χ3n) is 6.10. The SMILES string of the molecule is CC(c1ccc(F)cc1)N(C)C(=O)c1cccc(S(=O)(=O)N(C)C2CCCCC2)c1. The zero-order chi connectivity index (χ0) is 21.9. The summed E-state index contributed by atoms with van der Waals surface area (Å²) in [5.41, 5.74) is 1.11. The first-order valence-electron chi connectivity index (χ1n) is 10.3. The molecule has 30 heavy (non-hydrogen) atoms. The van der Waals surface area contributed by atoms with Crippen molar-refractivity contribution >= 4 is 15.9 Å². The van der Waals surface area contributed by atoms with Gasteiger partial charge in [0.25, 0.3) is 5.91 Å². The van der Waals surface area contributed by atoms with Gasteiger partial charge in [-0.05, 0) is 55.7 Å². The molecule has 0 aromatic heterocycles. The van der Waals surface area contributed by atoms with Gasteiger partial charge < -0.3 is 4.90 Å². The van der Waals surface area contributed by atoms with E-state index in [1.807, 2.05) is 6.92 Å². The van der Waals surface area contributed by atoms with Crippen LogP contribution in [-0.2, 0) is 10.0 Å². The lowest BCUT2D eigenvalue weighted by atomic mass is 9.96. The van der Waals surface area contributed by atoms with E-state index in [2.05, 4.69) is 0 Å². The van der Waals surface area contributed by atoms with E-state index in [9.17, 15) is 17.6 Å². The second-order valence-electron chi connectivity index (χ2n) is 7.98. The van der Waals surface area contributed by atoms with Crippen molar-refractivity contribution in [2.75, 3.05) is 14.1 Å². The van der Waals surface area contributed by atoms with Crippen molar-refractivity contribution in [1.82, 2.24) is 9.21 Å². The molecule has 2 aromatic rings. The summed E-state index contributed by atoms with van der Waals surface area (Å²) in [4.78, 5) is 14.7. The Morgan fingerprint density at radius 2 is 1.67 bits per heavy atom. The number of benzene rings is 2. The van der Waals surface area contributed by atoms with Crippen LogP contribution in [0.1, 0.15) is 61.0 Å². The summed E-state index contributed by atoms with van der Waals surface area (Å²) in [6, 6.07) is 11.9. The van der Waals surface area contributed by atoms with Crippen LogP contribution >= 0.6 is 0 Å². The van der Waals surface area contributed by atoms with Crippen LogP contribution in [0.15, 0.2) is 53.4 Å². The molecule has 1 fully saturated rings. The van der Waals surface area contributed by atoms with E-state index >= 15 is 0 Å². The number of sulfonamides is 1. The van der Waals surface area contributed by atoms with Gasteiger partial charge >= 0.3 is 0 Å². The Bertz CT molecular complexity index is 986. The zero-order valence-electron chi connectivity index (χ0n) is 17.7. The van der Waals surface area contributed by atoms with Gasteiger partial charge in [-0.25, -0.2) is 12.8 Å². The molecule has 0 heterocycles.